The van der Waals surface area contributed by atoms with E-state index >= 15 is 0 Å². The highest BCUT2D eigenvalue weighted by Crippen LogP contribution is 2.27. The van der Waals surface area contributed by atoms with E-state index in [2.05, 4.69) is 4.74 Å². The van der Waals surface area contributed by atoms with Crippen molar-refractivity contribution in [3.05, 3.63) is 54.1 Å². The second-order valence-electron chi connectivity index (χ2n) is 5.33. The Morgan fingerprint density at radius 3 is 2.40 bits per heavy atom. The molecule has 2 aromatic rings. The molecule has 6 nitrogen and oxygen atoms in total. The summed E-state index contributed by atoms with van der Waals surface area (Å²) in [5.74, 6) is -0.133. The molecule has 0 amide bonds. The number of methoxy groups -OCH3 is 1. The summed E-state index contributed by atoms with van der Waals surface area (Å²) < 4.78 is 37.2. The Morgan fingerprint density at radius 2 is 1.80 bits per heavy atom. The van der Waals surface area contributed by atoms with E-state index in [9.17, 15) is 13.2 Å². The molecule has 0 spiro atoms. The fourth-order valence-corrected chi connectivity index (χ4v) is 3.63. The highest BCUT2D eigenvalue weighted by atomic mass is 32.2. The van der Waals surface area contributed by atoms with E-state index in [1.807, 2.05) is 13.8 Å². The van der Waals surface area contributed by atoms with Crippen molar-refractivity contribution in [1.82, 2.24) is 0 Å². The number of nitrogens with zero attached hydrogens (tertiary/aromatic N) is 1. The van der Waals surface area contributed by atoms with E-state index < -0.39 is 22.5 Å². The maximum absolute atomic E-state index is 13.0. The van der Waals surface area contributed by atoms with E-state index in [1.165, 1.54) is 19.2 Å². The number of esters is 1. The first-order valence-corrected chi connectivity index (χ1v) is 9.21. The highest BCUT2D eigenvalue weighted by molar-refractivity contribution is 7.92. The summed E-state index contributed by atoms with van der Waals surface area (Å²) in [4.78, 5) is 11.9. The summed E-state index contributed by atoms with van der Waals surface area (Å²) in [7, 11) is -2.71. The standard InChI is InChI=1S/C18H21NO5S/c1-4-24-16-7-5-6-15(12-16)19(13-18(20)23-3)25(21,22)17-10-8-14(2)9-11-17/h5-12H,4,13H2,1-3H3. The van der Waals surface area contributed by atoms with Gasteiger partial charge < -0.3 is 9.47 Å². The van der Waals surface area contributed by atoms with Gasteiger partial charge in [0.1, 0.15) is 12.3 Å². The quantitative estimate of drug-likeness (QED) is 0.707. The Balaban J connectivity index is 2.50. The van der Waals surface area contributed by atoms with Crippen LogP contribution in [0.15, 0.2) is 53.4 Å². The number of aryl methyl sites for hydroxylation is 1. The maximum Gasteiger partial charge on any atom is 0.326 e. The molecule has 0 atom stereocenters. The van der Waals surface area contributed by atoms with Crippen LogP contribution in [0.3, 0.4) is 0 Å². The van der Waals surface area contributed by atoms with Gasteiger partial charge in [-0.2, -0.15) is 0 Å². The fraction of sp³-hybridized carbons (Fsp3) is 0.278. The SMILES string of the molecule is CCOc1cccc(N(CC(=O)OC)S(=O)(=O)c2ccc(C)cc2)c1. The fourth-order valence-electron chi connectivity index (χ4n) is 2.23. The first-order chi connectivity index (χ1) is 11.9. The van der Waals surface area contributed by atoms with Crippen molar-refractivity contribution < 1.29 is 22.7 Å². The van der Waals surface area contributed by atoms with Crippen molar-refractivity contribution in [1.29, 1.82) is 0 Å². The molecule has 0 saturated carbocycles. The van der Waals surface area contributed by atoms with Crippen molar-refractivity contribution in [2.24, 2.45) is 0 Å². The topological polar surface area (TPSA) is 72.9 Å². The van der Waals surface area contributed by atoms with Gasteiger partial charge in [0.05, 0.1) is 24.3 Å². The number of benzene rings is 2. The molecule has 2 aromatic carbocycles. The van der Waals surface area contributed by atoms with Crippen molar-refractivity contribution in [2.45, 2.75) is 18.7 Å². The van der Waals surface area contributed by atoms with Gasteiger partial charge in [0.2, 0.25) is 0 Å². The summed E-state index contributed by atoms with van der Waals surface area (Å²) in [5, 5.41) is 0. The number of sulfonamides is 1. The summed E-state index contributed by atoms with van der Waals surface area (Å²) in [6.07, 6.45) is 0. The lowest BCUT2D eigenvalue weighted by atomic mass is 10.2. The Morgan fingerprint density at radius 1 is 1.12 bits per heavy atom. The second-order valence-corrected chi connectivity index (χ2v) is 7.19. The average molecular weight is 363 g/mol. The number of anilines is 1. The van der Waals surface area contributed by atoms with Crippen LogP contribution in [-0.4, -0.2) is 34.6 Å². The van der Waals surface area contributed by atoms with Gasteiger partial charge in [0.25, 0.3) is 10.0 Å². The van der Waals surface area contributed by atoms with Crippen LogP contribution in [0.1, 0.15) is 12.5 Å². The summed E-state index contributed by atoms with van der Waals surface area (Å²) in [5.41, 5.74) is 1.27. The Bertz CT molecular complexity index is 831. The Hall–Kier alpha value is -2.54. The lowest BCUT2D eigenvalue weighted by Crippen LogP contribution is -2.36. The predicted molar refractivity (Wildman–Crippen MR) is 95.3 cm³/mol. The number of hydrogen-bond donors (Lipinski definition) is 0. The molecule has 0 saturated heterocycles. The van der Waals surface area contributed by atoms with Gasteiger partial charge in [0, 0.05) is 6.07 Å². The normalized spacial score (nSPS) is 11.0. The van der Waals surface area contributed by atoms with Crippen LogP contribution < -0.4 is 9.04 Å². The van der Waals surface area contributed by atoms with Crippen molar-refractivity contribution in [2.75, 3.05) is 24.6 Å². The van der Waals surface area contributed by atoms with Crippen molar-refractivity contribution >= 4 is 21.7 Å². The summed E-state index contributed by atoms with van der Waals surface area (Å²) >= 11 is 0. The van der Waals surface area contributed by atoms with Crippen molar-refractivity contribution in [3.63, 3.8) is 0 Å². The molecule has 0 N–H and O–H groups in total. The Labute approximate surface area is 148 Å². The van der Waals surface area contributed by atoms with Crippen LogP contribution in [0.5, 0.6) is 5.75 Å². The molecule has 0 aliphatic heterocycles. The molecule has 0 unspecified atom stereocenters. The molecule has 0 fully saturated rings. The monoisotopic (exact) mass is 363 g/mol. The third-order valence-corrected chi connectivity index (χ3v) is 5.31. The van der Waals surface area contributed by atoms with E-state index in [4.69, 9.17) is 4.74 Å². The van der Waals surface area contributed by atoms with E-state index in [1.54, 1.807) is 36.4 Å². The predicted octanol–water partition coefficient (Wildman–Crippen LogP) is 2.76. The lowest BCUT2D eigenvalue weighted by molar-refractivity contribution is -0.138. The molecule has 0 heterocycles. The summed E-state index contributed by atoms with van der Waals surface area (Å²) in [6, 6.07) is 13.0. The smallest absolute Gasteiger partial charge is 0.326 e. The summed E-state index contributed by atoms with van der Waals surface area (Å²) in [6.45, 7) is 3.73. The largest absolute Gasteiger partial charge is 0.494 e. The minimum atomic E-state index is -3.93. The van der Waals surface area contributed by atoms with Gasteiger partial charge in [-0.1, -0.05) is 23.8 Å². The van der Waals surface area contributed by atoms with Gasteiger partial charge >= 0.3 is 5.97 Å². The van der Waals surface area contributed by atoms with Crippen LogP contribution in [0, 0.1) is 6.92 Å². The molecule has 134 valence electrons. The third kappa shape index (κ3) is 4.51. The average Bonchev–Trinajstić information content (AvgIpc) is 2.60. The number of rotatable bonds is 7. The van der Waals surface area contributed by atoms with Gasteiger partial charge in [-0.3, -0.25) is 9.10 Å². The zero-order valence-corrected chi connectivity index (χ0v) is 15.2. The zero-order valence-electron chi connectivity index (χ0n) is 14.4. The van der Waals surface area contributed by atoms with E-state index in [0.29, 0.717) is 18.0 Å². The molecule has 7 heteroatoms. The van der Waals surface area contributed by atoms with E-state index in [-0.39, 0.29) is 4.90 Å². The molecule has 0 radical (unpaired) electrons. The van der Waals surface area contributed by atoms with Crippen molar-refractivity contribution in [3.8, 4) is 5.75 Å². The molecular weight excluding hydrogens is 342 g/mol. The van der Waals surface area contributed by atoms with Crippen LogP contribution in [0.4, 0.5) is 5.69 Å². The van der Waals surface area contributed by atoms with Crippen LogP contribution >= 0.6 is 0 Å². The lowest BCUT2D eigenvalue weighted by Gasteiger charge is -2.24. The van der Waals surface area contributed by atoms with Gasteiger partial charge in [0.15, 0.2) is 0 Å². The minimum absolute atomic E-state index is 0.101. The number of carbonyl (C=O) groups excluding carboxylic acids is 1. The molecule has 0 aliphatic carbocycles. The number of carbonyl (C=O) groups is 1. The molecule has 0 aromatic heterocycles. The Kier molecular flexibility index (Phi) is 6.03. The molecular formula is C18H21NO5S. The third-order valence-electron chi connectivity index (χ3n) is 3.53. The highest BCUT2D eigenvalue weighted by Gasteiger charge is 2.27. The molecule has 0 aliphatic rings. The molecule has 0 bridgehead atoms. The first-order valence-electron chi connectivity index (χ1n) is 7.77. The van der Waals surface area contributed by atoms with Crippen LogP contribution in [0.25, 0.3) is 0 Å². The molecule has 2 rings (SSSR count). The van der Waals surface area contributed by atoms with Gasteiger partial charge in [-0.05, 0) is 38.1 Å². The van der Waals surface area contributed by atoms with Crippen LogP contribution in [0.2, 0.25) is 0 Å². The van der Waals surface area contributed by atoms with Gasteiger partial charge in [-0.15, -0.1) is 0 Å². The number of hydrogen-bond acceptors (Lipinski definition) is 5. The van der Waals surface area contributed by atoms with Gasteiger partial charge in [-0.25, -0.2) is 8.42 Å². The second kappa shape index (κ2) is 8.02. The zero-order chi connectivity index (χ0) is 18.4. The van der Waals surface area contributed by atoms with E-state index in [0.717, 1.165) is 9.87 Å². The first kappa shape index (κ1) is 18.8. The maximum atomic E-state index is 13.0. The van der Waals surface area contributed by atoms with Crippen LogP contribution in [-0.2, 0) is 19.6 Å². The minimum Gasteiger partial charge on any atom is -0.494 e. The number of ether oxygens (including phenoxy) is 2. The molecule has 25 heavy (non-hydrogen) atoms.